The van der Waals surface area contributed by atoms with Gasteiger partial charge in [0.05, 0.1) is 17.6 Å². The molecular weight excluding hydrogens is 250 g/mol. The Morgan fingerprint density at radius 2 is 1.75 bits per heavy atom. The standard InChI is InChI=1S/C17H13NO2/c18-11-14-6-8-15(9-7-14)16(12-19)17(20)10-13-4-2-1-3-5-13/h1-9,12,16H,10H2. The highest BCUT2D eigenvalue weighted by Gasteiger charge is 2.19. The minimum Gasteiger partial charge on any atom is -0.302 e. The summed E-state index contributed by atoms with van der Waals surface area (Å²) in [5, 5.41) is 8.74. The molecule has 0 fully saturated rings. The lowest BCUT2D eigenvalue weighted by Gasteiger charge is -2.10. The van der Waals surface area contributed by atoms with Gasteiger partial charge in [-0.05, 0) is 23.3 Å². The molecule has 0 aliphatic rings. The lowest BCUT2D eigenvalue weighted by atomic mass is 9.92. The molecule has 0 heterocycles. The Morgan fingerprint density at radius 1 is 1.10 bits per heavy atom. The van der Waals surface area contributed by atoms with Crippen LogP contribution in [0.4, 0.5) is 0 Å². The van der Waals surface area contributed by atoms with Crippen LogP contribution in [-0.2, 0) is 16.0 Å². The van der Waals surface area contributed by atoms with E-state index in [0.29, 0.717) is 17.4 Å². The topological polar surface area (TPSA) is 57.9 Å². The summed E-state index contributed by atoms with van der Waals surface area (Å²) in [5.41, 5.74) is 2.02. The average Bonchev–Trinajstić information content (AvgIpc) is 2.49. The van der Waals surface area contributed by atoms with Crippen LogP contribution < -0.4 is 0 Å². The molecule has 0 radical (unpaired) electrons. The van der Waals surface area contributed by atoms with Crippen LogP contribution in [0.3, 0.4) is 0 Å². The van der Waals surface area contributed by atoms with Crippen molar-refractivity contribution in [1.29, 1.82) is 5.26 Å². The molecule has 0 saturated carbocycles. The fourth-order valence-corrected chi connectivity index (χ4v) is 2.01. The van der Waals surface area contributed by atoms with Gasteiger partial charge in [0.15, 0.2) is 5.78 Å². The summed E-state index contributed by atoms with van der Waals surface area (Å²) in [6.45, 7) is 0. The maximum Gasteiger partial charge on any atom is 0.151 e. The zero-order chi connectivity index (χ0) is 14.4. The van der Waals surface area contributed by atoms with Crippen molar-refractivity contribution in [2.24, 2.45) is 0 Å². The minimum atomic E-state index is -0.775. The SMILES string of the molecule is N#Cc1ccc(C(C=O)C(=O)Cc2ccccc2)cc1. The van der Waals surface area contributed by atoms with Crippen LogP contribution >= 0.6 is 0 Å². The monoisotopic (exact) mass is 263 g/mol. The number of nitriles is 1. The molecule has 0 aromatic heterocycles. The number of ketones is 1. The molecule has 0 aliphatic heterocycles. The van der Waals surface area contributed by atoms with Gasteiger partial charge in [-0.25, -0.2) is 0 Å². The van der Waals surface area contributed by atoms with Crippen molar-refractivity contribution >= 4 is 12.1 Å². The highest BCUT2D eigenvalue weighted by atomic mass is 16.1. The summed E-state index contributed by atoms with van der Waals surface area (Å²) in [6.07, 6.45) is 0.886. The first kappa shape index (κ1) is 13.7. The fraction of sp³-hybridized carbons (Fsp3) is 0.118. The number of Topliss-reactive ketones (excluding diaryl/α,β-unsaturated/α-hetero) is 1. The van der Waals surface area contributed by atoms with Crippen molar-refractivity contribution in [2.45, 2.75) is 12.3 Å². The van der Waals surface area contributed by atoms with Gasteiger partial charge in [0.25, 0.3) is 0 Å². The third-order valence-corrected chi connectivity index (χ3v) is 3.10. The number of carbonyl (C=O) groups excluding carboxylic acids is 2. The highest BCUT2D eigenvalue weighted by Crippen LogP contribution is 2.17. The number of aldehydes is 1. The molecule has 1 atom stereocenters. The van der Waals surface area contributed by atoms with Gasteiger partial charge in [-0.1, -0.05) is 42.5 Å². The first-order valence-electron chi connectivity index (χ1n) is 6.26. The van der Waals surface area contributed by atoms with E-state index < -0.39 is 5.92 Å². The predicted octanol–water partition coefficient (Wildman–Crippen LogP) is 2.65. The van der Waals surface area contributed by atoms with Crippen LogP contribution in [0.5, 0.6) is 0 Å². The van der Waals surface area contributed by atoms with E-state index in [-0.39, 0.29) is 12.2 Å². The molecule has 0 bridgehead atoms. The van der Waals surface area contributed by atoms with Crippen LogP contribution in [0.25, 0.3) is 0 Å². The number of hydrogen-bond donors (Lipinski definition) is 0. The van der Waals surface area contributed by atoms with E-state index in [1.54, 1.807) is 24.3 Å². The highest BCUT2D eigenvalue weighted by molar-refractivity contribution is 5.99. The summed E-state index contributed by atoms with van der Waals surface area (Å²) in [7, 11) is 0. The number of hydrogen-bond acceptors (Lipinski definition) is 3. The van der Waals surface area contributed by atoms with Crippen molar-refractivity contribution < 1.29 is 9.59 Å². The van der Waals surface area contributed by atoms with Crippen LogP contribution in [0, 0.1) is 11.3 Å². The van der Waals surface area contributed by atoms with Crippen LogP contribution in [0.2, 0.25) is 0 Å². The zero-order valence-corrected chi connectivity index (χ0v) is 10.8. The lowest BCUT2D eigenvalue weighted by Crippen LogP contribution is -2.16. The Hall–Kier alpha value is -2.73. The van der Waals surface area contributed by atoms with Crippen molar-refractivity contribution in [3.63, 3.8) is 0 Å². The fourth-order valence-electron chi connectivity index (χ4n) is 2.01. The average molecular weight is 263 g/mol. The molecule has 2 aromatic carbocycles. The molecule has 2 aromatic rings. The molecule has 0 amide bonds. The third-order valence-electron chi connectivity index (χ3n) is 3.10. The first-order valence-corrected chi connectivity index (χ1v) is 6.26. The second-order valence-electron chi connectivity index (χ2n) is 4.48. The largest absolute Gasteiger partial charge is 0.302 e. The molecule has 0 N–H and O–H groups in total. The van der Waals surface area contributed by atoms with Crippen LogP contribution in [0.15, 0.2) is 54.6 Å². The van der Waals surface area contributed by atoms with Crippen molar-refractivity contribution in [3.05, 3.63) is 71.3 Å². The van der Waals surface area contributed by atoms with Gasteiger partial charge in [-0.2, -0.15) is 5.26 Å². The molecule has 0 aliphatic carbocycles. The maximum absolute atomic E-state index is 12.2. The summed E-state index contributed by atoms with van der Waals surface area (Å²) < 4.78 is 0. The van der Waals surface area contributed by atoms with E-state index in [4.69, 9.17) is 5.26 Å². The Bertz CT molecular complexity index is 639. The third kappa shape index (κ3) is 3.18. The molecule has 1 unspecified atom stereocenters. The predicted molar refractivity (Wildman–Crippen MR) is 75.1 cm³/mol. The molecule has 2 rings (SSSR count). The Kier molecular flexibility index (Phi) is 4.41. The summed E-state index contributed by atoms with van der Waals surface area (Å²) in [4.78, 5) is 23.4. The zero-order valence-electron chi connectivity index (χ0n) is 10.8. The number of nitrogens with zero attached hydrogens (tertiary/aromatic N) is 1. The van der Waals surface area contributed by atoms with Gasteiger partial charge >= 0.3 is 0 Å². The van der Waals surface area contributed by atoms with E-state index in [2.05, 4.69) is 0 Å². The smallest absolute Gasteiger partial charge is 0.151 e. The Morgan fingerprint density at radius 3 is 2.30 bits per heavy atom. The van der Waals surface area contributed by atoms with Crippen molar-refractivity contribution in [3.8, 4) is 6.07 Å². The number of carbonyl (C=O) groups is 2. The van der Waals surface area contributed by atoms with E-state index in [1.165, 1.54) is 0 Å². The molecule has 0 saturated heterocycles. The summed E-state index contributed by atoms with van der Waals surface area (Å²) >= 11 is 0. The van der Waals surface area contributed by atoms with E-state index >= 15 is 0 Å². The van der Waals surface area contributed by atoms with Crippen molar-refractivity contribution in [2.75, 3.05) is 0 Å². The number of benzene rings is 2. The van der Waals surface area contributed by atoms with Gasteiger partial charge < -0.3 is 4.79 Å². The van der Waals surface area contributed by atoms with Gasteiger partial charge in [0.2, 0.25) is 0 Å². The second kappa shape index (κ2) is 6.44. The van der Waals surface area contributed by atoms with Gasteiger partial charge in [0.1, 0.15) is 6.29 Å². The second-order valence-corrected chi connectivity index (χ2v) is 4.48. The Labute approximate surface area is 117 Å². The molecule has 3 heteroatoms. The van der Waals surface area contributed by atoms with E-state index in [1.807, 2.05) is 36.4 Å². The molecule has 98 valence electrons. The number of rotatable bonds is 5. The van der Waals surface area contributed by atoms with Gasteiger partial charge in [-0.15, -0.1) is 0 Å². The van der Waals surface area contributed by atoms with E-state index in [0.717, 1.165) is 5.56 Å². The van der Waals surface area contributed by atoms with E-state index in [9.17, 15) is 9.59 Å². The van der Waals surface area contributed by atoms with Gasteiger partial charge in [-0.3, -0.25) is 4.79 Å². The normalized spacial score (nSPS) is 11.3. The summed E-state index contributed by atoms with van der Waals surface area (Å²) in [5.74, 6) is -0.918. The molecule has 3 nitrogen and oxygen atoms in total. The quantitative estimate of drug-likeness (QED) is 0.615. The van der Waals surface area contributed by atoms with Crippen LogP contribution in [0.1, 0.15) is 22.6 Å². The lowest BCUT2D eigenvalue weighted by molar-refractivity contribution is -0.123. The van der Waals surface area contributed by atoms with Crippen molar-refractivity contribution in [1.82, 2.24) is 0 Å². The minimum absolute atomic E-state index is 0.143. The molecule has 0 spiro atoms. The molecule has 20 heavy (non-hydrogen) atoms. The van der Waals surface area contributed by atoms with Gasteiger partial charge in [0, 0.05) is 6.42 Å². The first-order chi connectivity index (χ1) is 9.74. The molecular formula is C17H13NO2. The Balaban J connectivity index is 2.17. The van der Waals surface area contributed by atoms with Crippen LogP contribution in [-0.4, -0.2) is 12.1 Å². The summed E-state index contributed by atoms with van der Waals surface area (Å²) in [6, 6.07) is 17.9. The maximum atomic E-state index is 12.2.